The minimum absolute atomic E-state index is 0. The number of hydrogen-bond acceptors (Lipinski definition) is 4. The van der Waals surface area contributed by atoms with Crippen molar-refractivity contribution < 1.29 is 9.59 Å². The van der Waals surface area contributed by atoms with Crippen molar-refractivity contribution >= 4 is 41.9 Å². The van der Waals surface area contributed by atoms with Crippen molar-refractivity contribution in [1.82, 2.24) is 25.3 Å². The van der Waals surface area contributed by atoms with E-state index in [9.17, 15) is 9.59 Å². The second-order valence-electron chi connectivity index (χ2n) is 7.98. The first kappa shape index (κ1) is 23.9. The van der Waals surface area contributed by atoms with E-state index in [0.29, 0.717) is 32.0 Å². The fourth-order valence-electron chi connectivity index (χ4n) is 4.05. The number of amides is 3. The van der Waals surface area contributed by atoms with Gasteiger partial charge >= 0.3 is 6.03 Å². The lowest BCUT2D eigenvalue weighted by Gasteiger charge is -2.25. The molecule has 2 saturated heterocycles. The average Bonchev–Trinajstić information content (AvgIpc) is 3.40. The molecule has 0 spiro atoms. The van der Waals surface area contributed by atoms with Crippen LogP contribution in [0.3, 0.4) is 0 Å². The molecule has 3 rings (SSSR count). The molecule has 2 N–H and O–H groups in total. The van der Waals surface area contributed by atoms with Crippen LogP contribution in [0.25, 0.3) is 0 Å². The lowest BCUT2D eigenvalue weighted by atomic mass is 9.99. The highest BCUT2D eigenvalue weighted by atomic mass is 127. The molecular weight excluding hydrogens is 483 g/mol. The van der Waals surface area contributed by atoms with Crippen LogP contribution in [0.1, 0.15) is 40.0 Å². The van der Waals surface area contributed by atoms with Gasteiger partial charge in [-0.3, -0.25) is 19.6 Å². The minimum Gasteiger partial charge on any atom is -0.357 e. The highest BCUT2D eigenvalue weighted by molar-refractivity contribution is 14.0. The van der Waals surface area contributed by atoms with Crippen LogP contribution in [0.5, 0.6) is 0 Å². The van der Waals surface area contributed by atoms with Crippen LogP contribution < -0.4 is 10.6 Å². The Hall–Kier alpha value is -1.36. The number of hydrogen-bond donors (Lipinski definition) is 2. The maximum atomic E-state index is 12.4. The molecule has 9 heteroatoms. The number of urea groups is 1. The summed E-state index contributed by atoms with van der Waals surface area (Å²) in [4.78, 5) is 35.5. The first-order valence-electron chi connectivity index (χ1n) is 10.5. The van der Waals surface area contributed by atoms with Crippen LogP contribution in [-0.2, 0) is 4.79 Å². The van der Waals surface area contributed by atoms with E-state index in [0.717, 1.165) is 45.1 Å². The van der Waals surface area contributed by atoms with Crippen LogP contribution in [0.2, 0.25) is 0 Å². The van der Waals surface area contributed by atoms with Crippen LogP contribution in [0.15, 0.2) is 17.1 Å². The Kier molecular flexibility index (Phi) is 8.74. The fraction of sp³-hybridized carbons (Fsp3) is 0.750. The molecule has 0 aromatic carbocycles. The minimum atomic E-state index is -0.760. The summed E-state index contributed by atoms with van der Waals surface area (Å²) >= 11 is 0. The predicted molar refractivity (Wildman–Crippen MR) is 126 cm³/mol. The fourth-order valence-corrected chi connectivity index (χ4v) is 4.05. The van der Waals surface area contributed by atoms with E-state index in [4.69, 9.17) is 4.99 Å². The first-order valence-corrected chi connectivity index (χ1v) is 10.5. The predicted octanol–water partition coefficient (Wildman–Crippen LogP) is 1.63. The summed E-state index contributed by atoms with van der Waals surface area (Å²) in [6, 6.07) is 0.295. The number of nitrogens with one attached hydrogen (secondary N) is 2. The monoisotopic (exact) mass is 518 g/mol. The second kappa shape index (κ2) is 10.6. The van der Waals surface area contributed by atoms with Crippen molar-refractivity contribution in [3.63, 3.8) is 0 Å². The van der Waals surface area contributed by atoms with Crippen LogP contribution in [0.4, 0.5) is 4.79 Å². The Morgan fingerprint density at radius 1 is 1.31 bits per heavy atom. The standard InChI is InChI=1S/C20H34N6O2.HI/c1-4-20(3)17(27)26(19(28)23-20)13-8-10-22-18(21-5-2)25-14-9-16(15-25)24-11-6-7-12-24;/h6-7,16H,4-5,8-15H2,1-3H3,(H,21,22)(H,23,28);1H. The molecule has 3 aliphatic heterocycles. The average molecular weight is 518 g/mol. The Labute approximate surface area is 191 Å². The molecule has 3 aliphatic rings. The molecule has 8 nitrogen and oxygen atoms in total. The van der Waals surface area contributed by atoms with Crippen LogP contribution >= 0.6 is 24.0 Å². The van der Waals surface area contributed by atoms with Crippen molar-refractivity contribution in [2.24, 2.45) is 4.99 Å². The summed E-state index contributed by atoms with van der Waals surface area (Å²) in [6.45, 7) is 11.7. The topological polar surface area (TPSA) is 80.3 Å². The summed E-state index contributed by atoms with van der Waals surface area (Å²) in [5.41, 5.74) is -0.760. The highest BCUT2D eigenvalue weighted by Gasteiger charge is 2.45. The number of nitrogens with zero attached hydrogens (tertiary/aromatic N) is 4. The zero-order valence-electron chi connectivity index (χ0n) is 17.8. The molecule has 29 heavy (non-hydrogen) atoms. The van der Waals surface area contributed by atoms with Crippen molar-refractivity contribution in [2.75, 3.05) is 45.8 Å². The van der Waals surface area contributed by atoms with Gasteiger partial charge in [0.2, 0.25) is 0 Å². The van der Waals surface area contributed by atoms with Gasteiger partial charge in [-0.15, -0.1) is 24.0 Å². The van der Waals surface area contributed by atoms with Crippen molar-refractivity contribution in [1.29, 1.82) is 0 Å². The molecule has 0 aromatic heterocycles. The van der Waals surface area contributed by atoms with E-state index in [-0.39, 0.29) is 35.9 Å². The summed E-state index contributed by atoms with van der Waals surface area (Å²) in [6.07, 6.45) is 6.90. The summed E-state index contributed by atoms with van der Waals surface area (Å²) in [5.74, 6) is 0.810. The van der Waals surface area contributed by atoms with Gasteiger partial charge in [-0.1, -0.05) is 19.1 Å². The van der Waals surface area contributed by atoms with Crippen molar-refractivity contribution in [2.45, 2.75) is 51.6 Å². The maximum absolute atomic E-state index is 12.4. The summed E-state index contributed by atoms with van der Waals surface area (Å²) in [5, 5.41) is 6.18. The van der Waals surface area contributed by atoms with Gasteiger partial charge < -0.3 is 15.5 Å². The molecule has 2 unspecified atom stereocenters. The summed E-state index contributed by atoms with van der Waals surface area (Å²) < 4.78 is 0. The lowest BCUT2D eigenvalue weighted by Crippen LogP contribution is -2.43. The van der Waals surface area contributed by atoms with Gasteiger partial charge in [-0.25, -0.2) is 4.79 Å². The molecule has 164 valence electrons. The van der Waals surface area contributed by atoms with Crippen LogP contribution in [0, 0.1) is 0 Å². The van der Waals surface area contributed by atoms with Gasteiger partial charge in [0.15, 0.2) is 5.96 Å². The van der Waals surface area contributed by atoms with Crippen LogP contribution in [-0.4, -0.2) is 90.0 Å². The Morgan fingerprint density at radius 3 is 2.66 bits per heavy atom. The quantitative estimate of drug-likeness (QED) is 0.134. The van der Waals surface area contributed by atoms with E-state index in [1.165, 1.54) is 4.90 Å². The normalized spacial score (nSPS) is 27.6. The van der Waals surface area contributed by atoms with Gasteiger partial charge in [0.1, 0.15) is 5.54 Å². The van der Waals surface area contributed by atoms with E-state index >= 15 is 0 Å². The smallest absolute Gasteiger partial charge is 0.325 e. The molecule has 0 radical (unpaired) electrons. The van der Waals surface area contributed by atoms with Crippen molar-refractivity contribution in [3.05, 3.63) is 12.2 Å². The van der Waals surface area contributed by atoms with E-state index in [1.54, 1.807) is 6.92 Å². The number of aliphatic imine (C=N–C) groups is 1. The molecule has 2 fully saturated rings. The third-order valence-electron chi connectivity index (χ3n) is 6.01. The molecular formula is C20H35IN6O2. The third kappa shape index (κ3) is 5.42. The van der Waals surface area contributed by atoms with Gasteiger partial charge in [-0.2, -0.15) is 0 Å². The molecule has 0 saturated carbocycles. The van der Waals surface area contributed by atoms with Gasteiger partial charge in [0, 0.05) is 51.9 Å². The maximum Gasteiger partial charge on any atom is 0.325 e. The Morgan fingerprint density at radius 2 is 2.03 bits per heavy atom. The molecule has 0 bridgehead atoms. The zero-order chi connectivity index (χ0) is 20.1. The van der Waals surface area contributed by atoms with E-state index in [1.807, 2.05) is 6.92 Å². The number of likely N-dealkylation sites (tertiary alicyclic amines) is 1. The summed E-state index contributed by atoms with van der Waals surface area (Å²) in [7, 11) is 0. The first-order chi connectivity index (χ1) is 13.5. The van der Waals surface area contributed by atoms with E-state index in [2.05, 4.69) is 39.5 Å². The molecule has 3 heterocycles. The SMILES string of the molecule is CCNC(=NCCCN1C(=O)NC(C)(CC)C1=O)N1CCC(N2CC=CC2)C1.I. The number of rotatable bonds is 7. The number of carbonyl (C=O) groups excluding carboxylic acids is 2. The second-order valence-corrected chi connectivity index (χ2v) is 7.98. The third-order valence-corrected chi connectivity index (χ3v) is 6.01. The van der Waals surface area contributed by atoms with E-state index < -0.39 is 5.54 Å². The van der Waals surface area contributed by atoms with Crippen molar-refractivity contribution in [3.8, 4) is 0 Å². The van der Waals surface area contributed by atoms with Gasteiger partial charge in [-0.05, 0) is 33.1 Å². The lowest BCUT2D eigenvalue weighted by molar-refractivity contribution is -0.130. The molecule has 2 atom stereocenters. The number of halogens is 1. The number of carbonyl (C=O) groups is 2. The molecule has 3 amide bonds. The highest BCUT2D eigenvalue weighted by Crippen LogP contribution is 2.21. The molecule has 0 aliphatic carbocycles. The largest absolute Gasteiger partial charge is 0.357 e. The number of imide groups is 1. The molecule has 0 aromatic rings. The Balaban J connectivity index is 0.00000300. The Bertz CT molecular complexity index is 647. The van der Waals surface area contributed by atoms with Gasteiger partial charge in [0.25, 0.3) is 5.91 Å². The number of guanidine groups is 1. The zero-order valence-corrected chi connectivity index (χ0v) is 20.1. The van der Waals surface area contributed by atoms with Gasteiger partial charge in [0.05, 0.1) is 0 Å².